The van der Waals surface area contributed by atoms with Gasteiger partial charge in [-0.05, 0) is 18.2 Å². The fourth-order valence-corrected chi connectivity index (χ4v) is 3.62. The lowest BCUT2D eigenvalue weighted by molar-refractivity contribution is -0.119. The molecule has 1 aromatic carbocycles. The van der Waals surface area contributed by atoms with Gasteiger partial charge in [0.1, 0.15) is 17.8 Å². The second-order valence-electron chi connectivity index (χ2n) is 5.74. The number of benzene rings is 1. The first-order chi connectivity index (χ1) is 11.7. The molecule has 2 heterocycles. The topological polar surface area (TPSA) is 96.0 Å². The number of rotatable bonds is 4. The predicted molar refractivity (Wildman–Crippen MR) is 88.1 cm³/mol. The summed E-state index contributed by atoms with van der Waals surface area (Å²) in [6, 6.07) is 4.07. The molecule has 1 saturated heterocycles. The Balaban J connectivity index is 1.74. The molecule has 0 aromatic heterocycles. The van der Waals surface area contributed by atoms with Crippen molar-refractivity contribution in [1.29, 1.82) is 0 Å². The van der Waals surface area contributed by atoms with Gasteiger partial charge in [-0.25, -0.2) is 17.6 Å². The average molecular weight is 369 g/mol. The second kappa shape index (κ2) is 6.36. The van der Waals surface area contributed by atoms with E-state index in [4.69, 9.17) is 4.74 Å². The third-order valence-corrected chi connectivity index (χ3v) is 4.95. The quantitative estimate of drug-likeness (QED) is 0.849. The monoisotopic (exact) mass is 369 g/mol. The minimum atomic E-state index is -3.36. The number of carbonyl (C=O) groups excluding carboxylic acids is 2. The molecule has 0 spiro atoms. The number of cyclic esters (lactones) is 1. The molecule has 2 aliphatic rings. The van der Waals surface area contributed by atoms with Crippen LogP contribution in [-0.2, 0) is 19.4 Å². The minimum absolute atomic E-state index is 0.100. The lowest BCUT2D eigenvalue weighted by Gasteiger charge is -2.18. The number of hydrogen-bond acceptors (Lipinski definition) is 6. The molecule has 1 N–H and O–H groups in total. The summed E-state index contributed by atoms with van der Waals surface area (Å²) in [7, 11) is -3.36. The van der Waals surface area contributed by atoms with E-state index in [1.54, 1.807) is 0 Å². The van der Waals surface area contributed by atoms with Crippen molar-refractivity contribution in [2.24, 2.45) is 0 Å². The van der Waals surface area contributed by atoms with Gasteiger partial charge in [0.05, 0.1) is 24.5 Å². The first-order valence-corrected chi connectivity index (χ1v) is 9.16. The number of amides is 2. The lowest BCUT2D eigenvalue weighted by Crippen LogP contribution is -2.33. The third kappa shape index (κ3) is 3.73. The van der Waals surface area contributed by atoms with Gasteiger partial charge < -0.3 is 15.0 Å². The van der Waals surface area contributed by atoms with Crippen molar-refractivity contribution in [2.75, 3.05) is 28.8 Å². The molecule has 1 unspecified atom stereocenters. The van der Waals surface area contributed by atoms with Gasteiger partial charge in [-0.1, -0.05) is 0 Å². The second-order valence-corrected chi connectivity index (χ2v) is 7.59. The molecule has 134 valence electrons. The summed E-state index contributed by atoms with van der Waals surface area (Å²) in [5.74, 6) is -1.22. The Morgan fingerprint density at radius 2 is 2.20 bits per heavy atom. The van der Waals surface area contributed by atoms with Gasteiger partial charge in [0.2, 0.25) is 5.91 Å². The summed E-state index contributed by atoms with van der Waals surface area (Å²) in [4.78, 5) is 25.4. The van der Waals surface area contributed by atoms with Gasteiger partial charge >= 0.3 is 6.09 Å². The number of nitrogens with zero attached hydrogens (tertiary/aromatic N) is 2. The standard InChI is InChI=1S/C15H16FN3O5S/c1-10(20)17-7-12-8-19(15(21)24-12)11-2-3-14(13(16)6-11)18-4-5-25(22,23)9-18/h2-6,12H,7-9H2,1H3,(H,17,20). The van der Waals surface area contributed by atoms with Crippen LogP contribution in [0.1, 0.15) is 6.92 Å². The minimum Gasteiger partial charge on any atom is -0.442 e. The fraction of sp³-hybridized carbons (Fsp3) is 0.333. The van der Waals surface area contributed by atoms with Crippen molar-refractivity contribution in [1.82, 2.24) is 5.32 Å². The van der Waals surface area contributed by atoms with E-state index in [1.807, 2.05) is 0 Å². The van der Waals surface area contributed by atoms with Crippen LogP contribution >= 0.6 is 0 Å². The van der Waals surface area contributed by atoms with E-state index in [0.29, 0.717) is 5.69 Å². The van der Waals surface area contributed by atoms with Crippen LogP contribution in [0, 0.1) is 5.82 Å². The first-order valence-electron chi connectivity index (χ1n) is 7.45. The third-order valence-electron chi connectivity index (χ3n) is 3.77. The first kappa shape index (κ1) is 17.2. The largest absolute Gasteiger partial charge is 0.442 e. The summed E-state index contributed by atoms with van der Waals surface area (Å²) in [6.07, 6.45) is 0.137. The van der Waals surface area contributed by atoms with Crippen LogP contribution < -0.4 is 15.1 Å². The molecule has 0 saturated carbocycles. The number of hydrogen-bond donors (Lipinski definition) is 1. The molecule has 0 radical (unpaired) electrons. The summed E-state index contributed by atoms with van der Waals surface area (Å²) >= 11 is 0. The van der Waals surface area contributed by atoms with Gasteiger partial charge in [0.25, 0.3) is 0 Å². The molecular formula is C15H16FN3O5S. The Morgan fingerprint density at radius 3 is 2.80 bits per heavy atom. The van der Waals surface area contributed by atoms with E-state index in [1.165, 1.54) is 35.1 Å². The number of sulfone groups is 1. The Kier molecular flexibility index (Phi) is 4.38. The van der Waals surface area contributed by atoms with Crippen LogP contribution in [0.5, 0.6) is 0 Å². The van der Waals surface area contributed by atoms with E-state index >= 15 is 0 Å². The van der Waals surface area contributed by atoms with E-state index in [2.05, 4.69) is 5.32 Å². The number of anilines is 2. The lowest BCUT2D eigenvalue weighted by atomic mass is 10.2. The highest BCUT2D eigenvalue weighted by Crippen LogP contribution is 2.29. The normalized spacial score (nSPS) is 21.5. The average Bonchev–Trinajstić information content (AvgIpc) is 3.07. The molecule has 10 heteroatoms. The molecule has 0 aliphatic carbocycles. The number of carbonyl (C=O) groups is 2. The van der Waals surface area contributed by atoms with Crippen molar-refractivity contribution < 1.29 is 27.1 Å². The van der Waals surface area contributed by atoms with Crippen LogP contribution in [-0.4, -0.2) is 45.5 Å². The molecule has 3 rings (SSSR count). The van der Waals surface area contributed by atoms with Crippen molar-refractivity contribution >= 4 is 33.2 Å². The summed E-state index contributed by atoms with van der Waals surface area (Å²) in [5.41, 5.74) is 0.394. The van der Waals surface area contributed by atoms with Gasteiger partial charge in [0, 0.05) is 18.5 Å². The Morgan fingerprint density at radius 1 is 1.44 bits per heavy atom. The highest BCUT2D eigenvalue weighted by atomic mass is 32.2. The van der Waals surface area contributed by atoms with Gasteiger partial charge in [-0.3, -0.25) is 9.69 Å². The molecule has 1 atom stereocenters. The smallest absolute Gasteiger partial charge is 0.414 e. The molecular weight excluding hydrogens is 353 g/mol. The molecule has 1 aromatic rings. The van der Waals surface area contributed by atoms with Crippen LogP contribution in [0.15, 0.2) is 29.8 Å². The Bertz CT molecular complexity index is 855. The molecule has 2 aliphatic heterocycles. The highest BCUT2D eigenvalue weighted by molar-refractivity contribution is 7.94. The van der Waals surface area contributed by atoms with Crippen LogP contribution in [0.25, 0.3) is 0 Å². The summed E-state index contributed by atoms with van der Waals surface area (Å²) < 4.78 is 42.4. The van der Waals surface area contributed by atoms with Crippen molar-refractivity contribution in [2.45, 2.75) is 13.0 Å². The SMILES string of the molecule is CC(=O)NCC1CN(c2ccc(N3C=CS(=O)(=O)C3)c(F)c2)C(=O)O1. The van der Waals surface area contributed by atoms with Gasteiger partial charge in [0.15, 0.2) is 9.84 Å². The zero-order valence-electron chi connectivity index (χ0n) is 13.3. The Labute approximate surface area is 143 Å². The van der Waals surface area contributed by atoms with E-state index in [-0.39, 0.29) is 30.6 Å². The maximum Gasteiger partial charge on any atom is 0.414 e. The van der Waals surface area contributed by atoms with Crippen molar-refractivity contribution in [3.8, 4) is 0 Å². The number of ether oxygens (including phenoxy) is 1. The zero-order chi connectivity index (χ0) is 18.2. The molecule has 1 fully saturated rings. The van der Waals surface area contributed by atoms with Crippen molar-refractivity contribution in [3.63, 3.8) is 0 Å². The van der Waals surface area contributed by atoms with Gasteiger partial charge in [-0.2, -0.15) is 0 Å². The van der Waals surface area contributed by atoms with Crippen LogP contribution in [0.4, 0.5) is 20.6 Å². The maximum atomic E-state index is 14.4. The summed E-state index contributed by atoms with van der Waals surface area (Å²) in [6.45, 7) is 1.71. The maximum absolute atomic E-state index is 14.4. The Hall–Kier alpha value is -2.62. The molecule has 25 heavy (non-hydrogen) atoms. The fourth-order valence-electron chi connectivity index (χ4n) is 2.59. The zero-order valence-corrected chi connectivity index (χ0v) is 14.1. The highest BCUT2D eigenvalue weighted by Gasteiger charge is 2.33. The van der Waals surface area contributed by atoms with E-state index in [0.717, 1.165) is 11.5 Å². The van der Waals surface area contributed by atoms with Crippen LogP contribution in [0.2, 0.25) is 0 Å². The van der Waals surface area contributed by atoms with Crippen molar-refractivity contribution in [3.05, 3.63) is 35.6 Å². The van der Waals surface area contributed by atoms with Gasteiger partial charge in [-0.15, -0.1) is 0 Å². The van der Waals surface area contributed by atoms with E-state index in [9.17, 15) is 22.4 Å². The number of nitrogens with one attached hydrogen (secondary N) is 1. The van der Waals surface area contributed by atoms with E-state index < -0.39 is 27.9 Å². The molecule has 0 bridgehead atoms. The molecule has 8 nitrogen and oxygen atoms in total. The summed E-state index contributed by atoms with van der Waals surface area (Å²) in [5, 5.41) is 3.58. The molecule has 2 amide bonds. The number of halogens is 1. The predicted octanol–water partition coefficient (Wildman–Crippen LogP) is 0.950. The van der Waals surface area contributed by atoms with Crippen LogP contribution in [0.3, 0.4) is 0 Å².